The van der Waals surface area contributed by atoms with Gasteiger partial charge in [-0.3, -0.25) is 9.59 Å². The van der Waals surface area contributed by atoms with E-state index in [4.69, 9.17) is 14.9 Å². The van der Waals surface area contributed by atoms with E-state index in [1.54, 1.807) is 6.92 Å². The highest BCUT2D eigenvalue weighted by atomic mass is 19.1. The standard InChI is InChI=1S/C36H38FNO5/c1-25-24-28(17-21-32(25)37)8-3-4-23-43-30-19-15-27(16-20-30)14-18-29-9-5-11-33-36(29)31(10-6-12-34(39)40)26(2)38(33)22-7-13-35(41)42/h5,9,11,15-17,19-21,24H,3-4,6-8,10,12-13,22-23H2,1-2H3,(H,39,40)(H,41,42). The first-order valence-corrected chi connectivity index (χ1v) is 14.8. The minimum atomic E-state index is -0.824. The Balaban J connectivity index is 1.43. The van der Waals surface area contributed by atoms with E-state index >= 15 is 0 Å². The lowest BCUT2D eigenvalue weighted by Gasteiger charge is -2.08. The highest BCUT2D eigenvalue weighted by molar-refractivity contribution is 5.91. The molecule has 6 nitrogen and oxygen atoms in total. The molecule has 0 fully saturated rings. The molecule has 3 aromatic carbocycles. The molecule has 1 heterocycles. The van der Waals surface area contributed by atoms with Crippen LogP contribution in [0.2, 0.25) is 0 Å². The summed E-state index contributed by atoms with van der Waals surface area (Å²) in [4.78, 5) is 22.2. The molecule has 7 heteroatoms. The van der Waals surface area contributed by atoms with Crippen molar-refractivity contribution in [2.24, 2.45) is 0 Å². The number of aliphatic carboxylic acids is 2. The molecule has 0 aliphatic rings. The Morgan fingerprint density at radius 2 is 1.60 bits per heavy atom. The molecule has 0 saturated carbocycles. The number of carbonyl (C=O) groups is 2. The van der Waals surface area contributed by atoms with E-state index in [1.165, 1.54) is 6.07 Å². The van der Waals surface area contributed by atoms with Gasteiger partial charge in [0, 0.05) is 47.1 Å². The minimum Gasteiger partial charge on any atom is -0.494 e. The highest BCUT2D eigenvalue weighted by Gasteiger charge is 2.17. The van der Waals surface area contributed by atoms with E-state index < -0.39 is 11.9 Å². The van der Waals surface area contributed by atoms with Crippen molar-refractivity contribution in [2.75, 3.05) is 6.61 Å². The first-order chi connectivity index (χ1) is 20.7. The predicted molar refractivity (Wildman–Crippen MR) is 166 cm³/mol. The van der Waals surface area contributed by atoms with E-state index in [0.717, 1.165) is 63.9 Å². The van der Waals surface area contributed by atoms with Crippen molar-refractivity contribution >= 4 is 22.8 Å². The lowest BCUT2D eigenvalue weighted by molar-refractivity contribution is -0.138. The molecule has 2 N–H and O–H groups in total. The van der Waals surface area contributed by atoms with Crippen LogP contribution >= 0.6 is 0 Å². The zero-order valence-corrected chi connectivity index (χ0v) is 24.8. The lowest BCUT2D eigenvalue weighted by atomic mass is 10.0. The van der Waals surface area contributed by atoms with E-state index in [0.29, 0.717) is 38.0 Å². The Morgan fingerprint density at radius 1 is 0.860 bits per heavy atom. The average molecular weight is 584 g/mol. The summed E-state index contributed by atoms with van der Waals surface area (Å²) in [6, 6.07) is 18.9. The van der Waals surface area contributed by atoms with Crippen LogP contribution in [-0.2, 0) is 29.0 Å². The summed E-state index contributed by atoms with van der Waals surface area (Å²) in [5, 5.41) is 19.3. The van der Waals surface area contributed by atoms with Crippen molar-refractivity contribution in [3.05, 3.63) is 100.0 Å². The molecule has 0 aliphatic heterocycles. The molecule has 1 aromatic heterocycles. The Hall–Kier alpha value is -4.57. The summed E-state index contributed by atoms with van der Waals surface area (Å²) >= 11 is 0. The monoisotopic (exact) mass is 583 g/mol. The quantitative estimate of drug-likeness (QED) is 0.119. The number of hydrogen-bond acceptors (Lipinski definition) is 3. The first kappa shape index (κ1) is 31.4. The molecule has 0 atom stereocenters. The van der Waals surface area contributed by atoms with Crippen LogP contribution in [0.1, 0.15) is 72.0 Å². The average Bonchev–Trinajstić information content (AvgIpc) is 3.24. The SMILES string of the molecule is Cc1cc(CCCCOc2ccc(C#Cc3cccc4c3c(CCCC(=O)O)c(C)n4CCCC(=O)O)cc2)ccc1F. The maximum atomic E-state index is 13.4. The van der Waals surface area contributed by atoms with Crippen LogP contribution in [0.3, 0.4) is 0 Å². The maximum absolute atomic E-state index is 13.4. The van der Waals surface area contributed by atoms with Crippen molar-refractivity contribution < 1.29 is 28.9 Å². The van der Waals surface area contributed by atoms with Crippen LogP contribution in [0.25, 0.3) is 10.9 Å². The van der Waals surface area contributed by atoms with Crippen molar-refractivity contribution in [2.45, 2.75) is 71.8 Å². The fraction of sp³-hybridized carbons (Fsp3) is 0.333. The summed E-state index contributed by atoms with van der Waals surface area (Å²) in [5.74, 6) is 5.54. The number of hydrogen-bond donors (Lipinski definition) is 2. The second kappa shape index (κ2) is 15.1. The second-order valence-electron chi connectivity index (χ2n) is 10.8. The number of halogens is 1. The van der Waals surface area contributed by atoms with Gasteiger partial charge in [0.05, 0.1) is 6.61 Å². The van der Waals surface area contributed by atoms with Gasteiger partial charge in [-0.2, -0.15) is 0 Å². The third-order valence-corrected chi connectivity index (χ3v) is 7.61. The topological polar surface area (TPSA) is 88.8 Å². The Bertz CT molecular complexity index is 1640. The third kappa shape index (κ3) is 8.71. The zero-order chi connectivity index (χ0) is 30.8. The van der Waals surface area contributed by atoms with Gasteiger partial charge in [-0.05, 0) is 112 Å². The molecule has 4 rings (SSSR count). The molecule has 0 bridgehead atoms. The smallest absolute Gasteiger partial charge is 0.303 e. The third-order valence-electron chi connectivity index (χ3n) is 7.61. The molecule has 0 unspecified atom stereocenters. The van der Waals surface area contributed by atoms with Gasteiger partial charge in [-0.25, -0.2) is 4.39 Å². The number of carboxylic acid groups (broad SMARTS) is 2. The van der Waals surface area contributed by atoms with Crippen molar-refractivity contribution in [3.8, 4) is 17.6 Å². The van der Waals surface area contributed by atoms with Crippen molar-refractivity contribution in [1.82, 2.24) is 4.57 Å². The van der Waals surface area contributed by atoms with Gasteiger partial charge >= 0.3 is 11.9 Å². The van der Waals surface area contributed by atoms with E-state index in [9.17, 15) is 14.0 Å². The summed E-state index contributed by atoms with van der Waals surface area (Å²) in [6.07, 6.45) is 4.54. The fourth-order valence-electron chi connectivity index (χ4n) is 5.37. The molecule has 43 heavy (non-hydrogen) atoms. The Labute approximate surface area is 252 Å². The molecule has 0 saturated heterocycles. The number of aromatic nitrogens is 1. The van der Waals surface area contributed by atoms with Crippen LogP contribution in [-0.4, -0.2) is 33.3 Å². The minimum absolute atomic E-state index is 0.0847. The van der Waals surface area contributed by atoms with Gasteiger partial charge in [0.15, 0.2) is 0 Å². The Morgan fingerprint density at radius 3 is 2.33 bits per heavy atom. The molecule has 224 valence electrons. The normalized spacial score (nSPS) is 10.9. The number of fused-ring (bicyclic) bond motifs is 1. The van der Waals surface area contributed by atoms with E-state index in [-0.39, 0.29) is 18.7 Å². The number of benzene rings is 3. The number of unbranched alkanes of at least 4 members (excludes halogenated alkanes) is 1. The van der Waals surface area contributed by atoms with Crippen LogP contribution < -0.4 is 4.74 Å². The largest absolute Gasteiger partial charge is 0.494 e. The molecular formula is C36H38FNO5. The number of nitrogens with zero attached hydrogens (tertiary/aromatic N) is 1. The van der Waals surface area contributed by atoms with Gasteiger partial charge in [0.2, 0.25) is 0 Å². The summed E-state index contributed by atoms with van der Waals surface area (Å²) in [6.45, 7) is 4.96. The van der Waals surface area contributed by atoms with Crippen LogP contribution in [0.5, 0.6) is 5.75 Å². The van der Waals surface area contributed by atoms with Gasteiger partial charge in [0.1, 0.15) is 11.6 Å². The van der Waals surface area contributed by atoms with Gasteiger partial charge < -0.3 is 19.5 Å². The van der Waals surface area contributed by atoms with Crippen LogP contribution in [0, 0.1) is 31.5 Å². The molecule has 4 aromatic rings. The molecule has 0 radical (unpaired) electrons. The van der Waals surface area contributed by atoms with E-state index in [2.05, 4.69) is 16.4 Å². The zero-order valence-electron chi connectivity index (χ0n) is 24.8. The van der Waals surface area contributed by atoms with Crippen LogP contribution in [0.4, 0.5) is 4.39 Å². The molecule has 0 amide bonds. The van der Waals surface area contributed by atoms with Crippen LogP contribution in [0.15, 0.2) is 60.7 Å². The van der Waals surface area contributed by atoms with Gasteiger partial charge in [-0.1, -0.05) is 30.0 Å². The van der Waals surface area contributed by atoms with Gasteiger partial charge in [0.25, 0.3) is 0 Å². The summed E-state index contributed by atoms with van der Waals surface area (Å²) < 4.78 is 21.5. The summed E-state index contributed by atoms with van der Waals surface area (Å²) in [7, 11) is 0. The fourth-order valence-corrected chi connectivity index (χ4v) is 5.37. The van der Waals surface area contributed by atoms with Crippen molar-refractivity contribution in [1.29, 1.82) is 0 Å². The second-order valence-corrected chi connectivity index (χ2v) is 10.8. The Kier molecular flexibility index (Phi) is 11.0. The number of ether oxygens (including phenoxy) is 1. The number of rotatable bonds is 14. The predicted octanol–water partition coefficient (Wildman–Crippen LogP) is 7.47. The first-order valence-electron chi connectivity index (χ1n) is 14.8. The highest BCUT2D eigenvalue weighted by Crippen LogP contribution is 2.31. The summed E-state index contributed by atoms with van der Waals surface area (Å²) in [5.41, 5.74) is 6.59. The number of aryl methyl sites for hydroxylation is 4. The molecular weight excluding hydrogens is 545 g/mol. The van der Waals surface area contributed by atoms with Gasteiger partial charge in [-0.15, -0.1) is 0 Å². The molecule has 0 aliphatic carbocycles. The van der Waals surface area contributed by atoms with Crippen molar-refractivity contribution in [3.63, 3.8) is 0 Å². The van der Waals surface area contributed by atoms with E-state index in [1.807, 2.05) is 61.5 Å². The maximum Gasteiger partial charge on any atom is 0.303 e. The lowest BCUT2D eigenvalue weighted by Crippen LogP contribution is -2.04. The number of carboxylic acids is 2. The molecule has 0 spiro atoms.